The number of benzene rings is 2. The molecule has 1 amide bonds. The molecule has 3 heterocycles. The Bertz CT molecular complexity index is 1420. The summed E-state index contributed by atoms with van der Waals surface area (Å²) in [7, 11) is 4.95. The van der Waals surface area contributed by atoms with E-state index in [4.69, 9.17) is 21.1 Å². The minimum absolute atomic E-state index is 0.000710. The second-order valence-electron chi connectivity index (χ2n) is 9.34. The van der Waals surface area contributed by atoms with Crippen LogP contribution in [0.2, 0.25) is 5.02 Å². The molecular weight excluding hydrogens is 509 g/mol. The van der Waals surface area contributed by atoms with E-state index in [1.54, 1.807) is 30.5 Å². The molecule has 8 nitrogen and oxygen atoms in total. The smallest absolute Gasteiger partial charge is 0.258 e. The highest BCUT2D eigenvalue weighted by molar-refractivity contribution is 6.35. The fourth-order valence-corrected chi connectivity index (χ4v) is 5.10. The highest BCUT2D eigenvalue weighted by Gasteiger charge is 2.24. The molecule has 1 N–H and O–H groups in total. The van der Waals surface area contributed by atoms with Crippen molar-refractivity contribution in [1.29, 1.82) is 0 Å². The number of carbonyl (C=O) groups excluding carboxylic acids is 1. The summed E-state index contributed by atoms with van der Waals surface area (Å²) in [6, 6.07) is 8.19. The van der Waals surface area contributed by atoms with E-state index in [1.807, 2.05) is 6.08 Å². The number of aromatic nitrogens is 1. The Morgan fingerprint density at radius 2 is 1.89 bits per heavy atom. The third-order valence-corrected chi connectivity index (χ3v) is 7.28. The van der Waals surface area contributed by atoms with Gasteiger partial charge in [0.15, 0.2) is 11.6 Å². The summed E-state index contributed by atoms with van der Waals surface area (Å²) >= 11 is 6.54. The Balaban J connectivity index is 1.42. The number of amidine groups is 1. The van der Waals surface area contributed by atoms with E-state index in [0.29, 0.717) is 34.3 Å². The Labute approximate surface area is 225 Å². The fourth-order valence-electron chi connectivity index (χ4n) is 4.79. The third-order valence-electron chi connectivity index (χ3n) is 6.91. The van der Waals surface area contributed by atoms with Crippen molar-refractivity contribution in [3.05, 3.63) is 64.7 Å². The molecule has 38 heavy (non-hydrogen) atoms. The number of ether oxygens (including phenoxy) is 2. The number of nitrogens with one attached hydrogen (secondary N) is 1. The zero-order valence-corrected chi connectivity index (χ0v) is 22.3. The van der Waals surface area contributed by atoms with Crippen LogP contribution in [0.4, 0.5) is 4.39 Å². The molecule has 0 radical (unpaired) electrons. The van der Waals surface area contributed by atoms with Gasteiger partial charge in [0.25, 0.3) is 5.91 Å². The molecule has 2 aliphatic heterocycles. The summed E-state index contributed by atoms with van der Waals surface area (Å²) in [6.07, 6.45) is 4.20. The van der Waals surface area contributed by atoms with Crippen molar-refractivity contribution in [2.75, 3.05) is 54.0 Å². The zero-order chi connectivity index (χ0) is 26.8. The lowest BCUT2D eigenvalue weighted by Gasteiger charge is -2.32. The number of aliphatic imine (C=N–C) groups is 1. The van der Waals surface area contributed by atoms with Crippen LogP contribution in [0.5, 0.6) is 11.5 Å². The Morgan fingerprint density at radius 3 is 2.63 bits per heavy atom. The molecule has 198 valence electrons. The lowest BCUT2D eigenvalue weighted by molar-refractivity contribution is 0.0978. The van der Waals surface area contributed by atoms with E-state index in [2.05, 4.69) is 32.1 Å². The summed E-state index contributed by atoms with van der Waals surface area (Å²) in [6.45, 7) is 4.84. The van der Waals surface area contributed by atoms with Crippen molar-refractivity contribution in [2.24, 2.45) is 4.99 Å². The quantitative estimate of drug-likeness (QED) is 0.503. The van der Waals surface area contributed by atoms with Crippen molar-refractivity contribution >= 4 is 34.2 Å². The number of halogens is 2. The number of nitrogens with zero attached hydrogens (tertiary/aromatic N) is 4. The molecular formula is C28H29ClFN5O3. The van der Waals surface area contributed by atoms with Crippen LogP contribution in [0.15, 0.2) is 53.3 Å². The Hall–Kier alpha value is -3.53. The van der Waals surface area contributed by atoms with Crippen LogP contribution in [0.1, 0.15) is 16.8 Å². The Kier molecular flexibility index (Phi) is 7.60. The first-order valence-electron chi connectivity index (χ1n) is 12.4. The van der Waals surface area contributed by atoms with Gasteiger partial charge in [0, 0.05) is 62.4 Å². The highest BCUT2D eigenvalue weighted by Crippen LogP contribution is 2.44. The number of rotatable bonds is 6. The average molecular weight is 538 g/mol. The molecule has 1 saturated heterocycles. The molecule has 1 fully saturated rings. The van der Waals surface area contributed by atoms with Crippen LogP contribution in [0.25, 0.3) is 22.0 Å². The molecule has 0 saturated carbocycles. The van der Waals surface area contributed by atoms with Crippen LogP contribution < -0.4 is 14.8 Å². The van der Waals surface area contributed by atoms with E-state index < -0.39 is 5.82 Å². The molecule has 2 aliphatic rings. The van der Waals surface area contributed by atoms with E-state index >= 15 is 4.39 Å². The van der Waals surface area contributed by atoms with Crippen molar-refractivity contribution in [1.82, 2.24) is 20.1 Å². The van der Waals surface area contributed by atoms with E-state index in [0.717, 1.165) is 38.4 Å². The lowest BCUT2D eigenvalue weighted by atomic mass is 9.96. The second-order valence-corrected chi connectivity index (χ2v) is 9.71. The maximum absolute atomic E-state index is 15.4. The summed E-state index contributed by atoms with van der Waals surface area (Å²) in [5, 5.41) is 3.60. The van der Waals surface area contributed by atoms with Gasteiger partial charge in [-0.2, -0.15) is 0 Å². The van der Waals surface area contributed by atoms with Crippen molar-refractivity contribution in [3.63, 3.8) is 0 Å². The molecule has 0 aliphatic carbocycles. The lowest BCUT2D eigenvalue weighted by Crippen LogP contribution is -2.44. The molecule has 0 bridgehead atoms. The molecule has 5 rings (SSSR count). The minimum atomic E-state index is -0.625. The average Bonchev–Trinajstić information content (AvgIpc) is 3.36. The predicted octanol–water partition coefficient (Wildman–Crippen LogP) is 4.37. The molecule has 2 aromatic carbocycles. The molecule has 10 heteroatoms. The van der Waals surface area contributed by atoms with Gasteiger partial charge in [0.05, 0.1) is 36.0 Å². The number of amides is 1. The number of hydrogen-bond acceptors (Lipinski definition) is 7. The van der Waals surface area contributed by atoms with Crippen LogP contribution in [-0.2, 0) is 0 Å². The number of likely N-dealkylation sites (N-methyl/N-ethyl adjacent to an activating group) is 1. The first-order valence-corrected chi connectivity index (χ1v) is 12.7. The summed E-state index contributed by atoms with van der Waals surface area (Å²) in [4.78, 5) is 27.1. The summed E-state index contributed by atoms with van der Waals surface area (Å²) < 4.78 is 26.0. The van der Waals surface area contributed by atoms with Gasteiger partial charge in [0.1, 0.15) is 11.6 Å². The van der Waals surface area contributed by atoms with Crippen LogP contribution in [-0.4, -0.2) is 80.5 Å². The van der Waals surface area contributed by atoms with Gasteiger partial charge in [-0.05, 0) is 24.7 Å². The number of hydrogen-bond donors (Lipinski definition) is 1. The second kappa shape index (κ2) is 11.1. The third kappa shape index (κ3) is 5.09. The minimum Gasteiger partial charge on any atom is -0.495 e. The molecule has 0 atom stereocenters. The van der Waals surface area contributed by atoms with Crippen LogP contribution in [0, 0.1) is 5.82 Å². The standard InChI is InChI=1S/C28H29ClFN5O3/c1-34-11-13-35(14-12-34)16-17-6-9-23(32-17)33-28(36)20-8-7-18(19-5-4-10-31-27(19)20)24-25(29)21(37-2)15-22(38-3)26(24)30/h4-8,10,15H,9,11-14,16H2,1-3H3,(H,32,33,36). The molecule has 3 aromatic rings. The van der Waals surface area contributed by atoms with E-state index in [9.17, 15) is 4.79 Å². The van der Waals surface area contributed by atoms with Gasteiger partial charge in [0.2, 0.25) is 0 Å². The predicted molar refractivity (Wildman–Crippen MR) is 147 cm³/mol. The summed E-state index contributed by atoms with van der Waals surface area (Å²) in [5.74, 6) is -0.0843. The van der Waals surface area contributed by atoms with Gasteiger partial charge in [-0.25, -0.2) is 9.38 Å². The van der Waals surface area contributed by atoms with Gasteiger partial charge >= 0.3 is 0 Å². The number of piperazine rings is 1. The van der Waals surface area contributed by atoms with Crippen molar-refractivity contribution < 1.29 is 18.7 Å². The maximum Gasteiger partial charge on any atom is 0.258 e. The number of carbonyl (C=O) groups is 1. The normalized spacial score (nSPS) is 16.3. The van der Waals surface area contributed by atoms with Crippen LogP contribution in [0.3, 0.4) is 0 Å². The first kappa shape index (κ1) is 26.1. The maximum atomic E-state index is 15.4. The molecule has 0 spiro atoms. The first-order chi connectivity index (χ1) is 18.4. The topological polar surface area (TPSA) is 79.3 Å². The molecule has 1 aromatic heterocycles. The number of methoxy groups -OCH3 is 2. The van der Waals surface area contributed by atoms with Crippen molar-refractivity contribution in [2.45, 2.75) is 6.42 Å². The number of pyridine rings is 1. The van der Waals surface area contributed by atoms with Gasteiger partial charge < -0.3 is 19.7 Å². The van der Waals surface area contributed by atoms with E-state index in [1.165, 1.54) is 20.3 Å². The van der Waals surface area contributed by atoms with Crippen LogP contribution >= 0.6 is 11.6 Å². The fraction of sp³-hybridized carbons (Fsp3) is 0.321. The highest BCUT2D eigenvalue weighted by atomic mass is 35.5. The van der Waals surface area contributed by atoms with Gasteiger partial charge in [-0.1, -0.05) is 29.8 Å². The SMILES string of the molecule is COc1cc(OC)c(Cl)c(-c2ccc(C(=O)NC3=NC(CN4CCN(C)CC4)=CC3)c3ncccc23)c1F. The zero-order valence-electron chi connectivity index (χ0n) is 21.6. The largest absolute Gasteiger partial charge is 0.495 e. The number of fused-ring (bicyclic) bond motifs is 1. The molecule has 0 unspecified atom stereocenters. The summed E-state index contributed by atoms with van der Waals surface area (Å²) in [5.41, 5.74) is 2.32. The van der Waals surface area contributed by atoms with Crippen molar-refractivity contribution in [3.8, 4) is 22.6 Å². The van der Waals surface area contributed by atoms with E-state index in [-0.39, 0.29) is 28.0 Å². The monoisotopic (exact) mass is 537 g/mol. The van der Waals surface area contributed by atoms with Gasteiger partial charge in [-0.15, -0.1) is 0 Å². The Morgan fingerprint density at radius 1 is 1.13 bits per heavy atom. The van der Waals surface area contributed by atoms with Gasteiger partial charge in [-0.3, -0.25) is 14.7 Å².